The molecule has 0 bridgehead atoms. The number of hydrogen-bond acceptors (Lipinski definition) is 3. The predicted molar refractivity (Wildman–Crippen MR) is 86.8 cm³/mol. The Morgan fingerprint density at radius 1 is 1.24 bits per heavy atom. The first-order valence-electron chi connectivity index (χ1n) is 6.80. The highest BCUT2D eigenvalue weighted by Crippen LogP contribution is 2.09. The van der Waals surface area contributed by atoms with Crippen molar-refractivity contribution in [1.82, 2.24) is 15.1 Å². The van der Waals surface area contributed by atoms with E-state index in [1.54, 1.807) is 6.20 Å². The summed E-state index contributed by atoms with van der Waals surface area (Å²) < 4.78 is 1.82. The molecule has 0 unspecified atom stereocenters. The lowest BCUT2D eigenvalue weighted by molar-refractivity contribution is -0.116. The number of nitrogens with zero attached hydrogens (tertiary/aromatic N) is 2. The lowest BCUT2D eigenvalue weighted by Crippen LogP contribution is -2.20. The van der Waals surface area contributed by atoms with Crippen LogP contribution in [-0.4, -0.2) is 29.3 Å². The van der Waals surface area contributed by atoms with Gasteiger partial charge in [-0.2, -0.15) is 5.10 Å². The molecule has 1 heterocycles. The number of aryl methyl sites for hydroxylation is 2. The highest BCUT2D eigenvalue weighted by atomic mass is 35.5. The van der Waals surface area contributed by atoms with Crippen LogP contribution in [0.15, 0.2) is 42.6 Å². The van der Waals surface area contributed by atoms with Crippen LogP contribution in [0.3, 0.4) is 0 Å². The Kier molecular flexibility index (Phi) is 7.50. The van der Waals surface area contributed by atoms with Crippen LogP contribution in [0.2, 0.25) is 0 Å². The van der Waals surface area contributed by atoms with Crippen LogP contribution in [0.4, 0.5) is 5.82 Å². The monoisotopic (exact) mass is 308 g/mol. The molecule has 2 N–H and O–H groups in total. The maximum atomic E-state index is 11.7. The number of carbonyl (C=O) groups excluding carboxylic acids is 1. The lowest BCUT2D eigenvalue weighted by Gasteiger charge is -2.09. The fourth-order valence-corrected chi connectivity index (χ4v) is 1.94. The first-order chi connectivity index (χ1) is 9.79. The summed E-state index contributed by atoms with van der Waals surface area (Å²) in [5.41, 5.74) is 1.26. The van der Waals surface area contributed by atoms with Gasteiger partial charge in [0.15, 0.2) is 0 Å². The van der Waals surface area contributed by atoms with Crippen molar-refractivity contribution in [2.75, 3.05) is 18.9 Å². The molecule has 5 nitrogen and oxygen atoms in total. The number of rotatable bonds is 7. The summed E-state index contributed by atoms with van der Waals surface area (Å²) in [5.74, 6) is 0.753. The molecule has 0 saturated carbocycles. The molecule has 2 rings (SSSR count). The quantitative estimate of drug-likeness (QED) is 0.823. The second kappa shape index (κ2) is 9.15. The number of amides is 1. The van der Waals surface area contributed by atoms with Gasteiger partial charge in [-0.3, -0.25) is 4.79 Å². The smallest absolute Gasteiger partial charge is 0.226 e. The number of aromatic nitrogens is 2. The van der Waals surface area contributed by atoms with Gasteiger partial charge in [0.2, 0.25) is 5.91 Å². The normalized spacial score (nSPS) is 9.95. The zero-order valence-electron chi connectivity index (χ0n) is 12.1. The number of halogens is 1. The van der Waals surface area contributed by atoms with E-state index in [1.165, 1.54) is 5.56 Å². The van der Waals surface area contributed by atoms with Crippen LogP contribution in [-0.2, 0) is 17.8 Å². The third-order valence-corrected chi connectivity index (χ3v) is 3.04. The summed E-state index contributed by atoms with van der Waals surface area (Å²) in [5, 5.41) is 10.1. The maximum absolute atomic E-state index is 11.7. The Morgan fingerprint density at radius 3 is 2.71 bits per heavy atom. The molecule has 0 fully saturated rings. The molecule has 21 heavy (non-hydrogen) atoms. The Labute approximate surface area is 131 Å². The van der Waals surface area contributed by atoms with Crippen molar-refractivity contribution in [3.63, 3.8) is 0 Å². The van der Waals surface area contributed by atoms with E-state index in [0.717, 1.165) is 18.8 Å². The zero-order valence-corrected chi connectivity index (χ0v) is 12.9. The standard InChI is InChI=1S/C15H20N4O.ClH/c1-16-10-8-15(20)18-14-7-11-17-19(14)12-9-13-5-3-2-4-6-13;/h2-7,11,16H,8-10,12H2,1H3,(H,18,20);1H. The fraction of sp³-hybridized carbons (Fsp3) is 0.333. The van der Waals surface area contributed by atoms with Crippen LogP contribution in [0.5, 0.6) is 0 Å². The van der Waals surface area contributed by atoms with E-state index < -0.39 is 0 Å². The summed E-state index contributed by atoms with van der Waals surface area (Å²) in [6.45, 7) is 1.42. The van der Waals surface area contributed by atoms with Crippen molar-refractivity contribution in [3.8, 4) is 0 Å². The maximum Gasteiger partial charge on any atom is 0.226 e. The SMILES string of the molecule is CNCCC(=O)Nc1ccnn1CCc1ccccc1.Cl. The largest absolute Gasteiger partial charge is 0.319 e. The molecule has 0 aliphatic rings. The van der Waals surface area contributed by atoms with Gasteiger partial charge < -0.3 is 10.6 Å². The highest BCUT2D eigenvalue weighted by Gasteiger charge is 2.06. The molecule has 1 amide bonds. The Balaban J connectivity index is 0.00000220. The van der Waals surface area contributed by atoms with Gasteiger partial charge in [-0.05, 0) is 19.0 Å². The summed E-state index contributed by atoms with van der Waals surface area (Å²) in [4.78, 5) is 11.7. The van der Waals surface area contributed by atoms with Crippen LogP contribution in [0.25, 0.3) is 0 Å². The average molecular weight is 309 g/mol. The third kappa shape index (κ3) is 5.57. The molecule has 0 atom stereocenters. The number of anilines is 1. The van der Waals surface area contributed by atoms with E-state index >= 15 is 0 Å². The summed E-state index contributed by atoms with van der Waals surface area (Å²) in [6, 6.07) is 12.1. The number of hydrogen-bond donors (Lipinski definition) is 2. The van der Waals surface area contributed by atoms with Crippen molar-refractivity contribution < 1.29 is 4.79 Å². The van der Waals surface area contributed by atoms with E-state index in [-0.39, 0.29) is 18.3 Å². The minimum atomic E-state index is 0. The minimum Gasteiger partial charge on any atom is -0.319 e. The molecule has 0 spiro atoms. The molecule has 0 aliphatic heterocycles. The molecule has 114 valence electrons. The first-order valence-corrected chi connectivity index (χ1v) is 6.80. The zero-order chi connectivity index (χ0) is 14.2. The van der Waals surface area contributed by atoms with Gasteiger partial charge >= 0.3 is 0 Å². The summed E-state index contributed by atoms with van der Waals surface area (Å²) in [6.07, 6.45) is 3.06. The van der Waals surface area contributed by atoms with Gasteiger partial charge in [-0.1, -0.05) is 30.3 Å². The average Bonchev–Trinajstić information content (AvgIpc) is 2.91. The van der Waals surface area contributed by atoms with Gasteiger partial charge in [-0.15, -0.1) is 12.4 Å². The van der Waals surface area contributed by atoms with E-state index in [1.807, 2.05) is 36.0 Å². The molecular formula is C15H21ClN4O. The van der Waals surface area contributed by atoms with Gasteiger partial charge in [-0.25, -0.2) is 4.68 Å². The first kappa shape index (κ1) is 17.2. The minimum absolute atomic E-state index is 0. The molecular weight excluding hydrogens is 288 g/mol. The Bertz CT molecular complexity index is 542. The van der Waals surface area contributed by atoms with Crippen LogP contribution in [0.1, 0.15) is 12.0 Å². The lowest BCUT2D eigenvalue weighted by atomic mass is 10.1. The summed E-state index contributed by atoms with van der Waals surface area (Å²) in [7, 11) is 1.83. The van der Waals surface area contributed by atoms with Gasteiger partial charge in [0.1, 0.15) is 5.82 Å². The van der Waals surface area contributed by atoms with E-state index in [9.17, 15) is 4.79 Å². The molecule has 1 aromatic heterocycles. The van der Waals surface area contributed by atoms with Crippen molar-refractivity contribution in [3.05, 3.63) is 48.2 Å². The second-order valence-electron chi connectivity index (χ2n) is 4.58. The van der Waals surface area contributed by atoms with E-state index in [0.29, 0.717) is 13.0 Å². The van der Waals surface area contributed by atoms with Crippen LogP contribution >= 0.6 is 12.4 Å². The second-order valence-corrected chi connectivity index (χ2v) is 4.58. The predicted octanol–water partition coefficient (Wildman–Crippen LogP) is 2.10. The van der Waals surface area contributed by atoms with Crippen molar-refractivity contribution in [2.45, 2.75) is 19.4 Å². The fourth-order valence-electron chi connectivity index (χ4n) is 1.94. The van der Waals surface area contributed by atoms with E-state index in [2.05, 4.69) is 27.9 Å². The van der Waals surface area contributed by atoms with Crippen LogP contribution in [0, 0.1) is 0 Å². The Hall–Kier alpha value is -1.85. The van der Waals surface area contributed by atoms with Crippen molar-refractivity contribution in [2.24, 2.45) is 0 Å². The highest BCUT2D eigenvalue weighted by molar-refractivity contribution is 5.89. The number of carbonyl (C=O) groups is 1. The number of nitrogens with one attached hydrogen (secondary N) is 2. The van der Waals surface area contributed by atoms with Crippen LogP contribution < -0.4 is 10.6 Å². The molecule has 0 aliphatic carbocycles. The molecule has 0 radical (unpaired) electrons. The van der Waals surface area contributed by atoms with E-state index in [4.69, 9.17) is 0 Å². The number of benzene rings is 1. The van der Waals surface area contributed by atoms with Crippen molar-refractivity contribution in [1.29, 1.82) is 0 Å². The molecule has 1 aromatic carbocycles. The molecule has 2 aromatic rings. The topological polar surface area (TPSA) is 59.0 Å². The van der Waals surface area contributed by atoms with Gasteiger partial charge in [0.05, 0.1) is 6.20 Å². The third-order valence-electron chi connectivity index (χ3n) is 3.04. The molecule has 6 heteroatoms. The van der Waals surface area contributed by atoms with Gasteiger partial charge in [0.25, 0.3) is 0 Å². The Morgan fingerprint density at radius 2 is 2.00 bits per heavy atom. The summed E-state index contributed by atoms with van der Waals surface area (Å²) >= 11 is 0. The van der Waals surface area contributed by atoms with Crippen molar-refractivity contribution >= 4 is 24.1 Å². The van der Waals surface area contributed by atoms with Gasteiger partial charge in [0, 0.05) is 25.6 Å². The molecule has 0 saturated heterocycles.